The highest BCUT2D eigenvalue weighted by molar-refractivity contribution is 8.00. The Kier molecular flexibility index (Phi) is 4.91. The van der Waals surface area contributed by atoms with Gasteiger partial charge in [-0.1, -0.05) is 23.5 Å². The number of hydrogen-bond acceptors (Lipinski definition) is 7. The van der Waals surface area contributed by atoms with E-state index < -0.39 is 5.97 Å². The summed E-state index contributed by atoms with van der Waals surface area (Å²) in [5.74, 6) is -0.871. The van der Waals surface area contributed by atoms with E-state index in [1.165, 1.54) is 28.0 Å². The number of ether oxygens (including phenoxy) is 1. The van der Waals surface area contributed by atoms with Gasteiger partial charge in [0.1, 0.15) is 12.4 Å². The molecule has 0 bridgehead atoms. The number of thioether (sulfide) groups is 1. The maximum atomic E-state index is 13.5. The minimum atomic E-state index is -0.487. The van der Waals surface area contributed by atoms with E-state index in [1.807, 2.05) is 0 Å². The molecular formula is C15H12FN3O3S2. The molecule has 0 atom stereocenters. The Labute approximate surface area is 144 Å². The first kappa shape index (κ1) is 16.6. The zero-order valence-electron chi connectivity index (χ0n) is 12.6. The standard InChI is InChI=1S/C15H12FN3O3S2/c1-9-6-13(20)19-15(17-9)24-12(18-19)7-22-14(21)8-23-11-5-3-2-4-10(11)16/h2-6H,7-8H2,1H3. The molecule has 0 saturated carbocycles. The molecule has 124 valence electrons. The van der Waals surface area contributed by atoms with Gasteiger partial charge in [-0.3, -0.25) is 9.59 Å². The average Bonchev–Trinajstić information content (AvgIpc) is 2.95. The van der Waals surface area contributed by atoms with Crippen LogP contribution in [0.3, 0.4) is 0 Å². The monoisotopic (exact) mass is 365 g/mol. The van der Waals surface area contributed by atoms with Gasteiger partial charge >= 0.3 is 5.97 Å². The van der Waals surface area contributed by atoms with Crippen molar-refractivity contribution < 1.29 is 13.9 Å². The van der Waals surface area contributed by atoms with E-state index in [9.17, 15) is 14.0 Å². The third kappa shape index (κ3) is 3.80. The summed E-state index contributed by atoms with van der Waals surface area (Å²) in [4.78, 5) is 28.6. The average molecular weight is 365 g/mol. The number of nitrogens with zero attached hydrogens (tertiary/aromatic N) is 3. The van der Waals surface area contributed by atoms with Crippen LogP contribution in [0.1, 0.15) is 10.7 Å². The number of fused-ring (bicyclic) bond motifs is 1. The van der Waals surface area contributed by atoms with Crippen molar-refractivity contribution in [2.24, 2.45) is 0 Å². The Bertz CT molecular complexity index is 955. The van der Waals surface area contributed by atoms with Crippen molar-refractivity contribution in [3.63, 3.8) is 0 Å². The summed E-state index contributed by atoms with van der Waals surface area (Å²) in [6.45, 7) is 1.67. The lowest BCUT2D eigenvalue weighted by molar-refractivity contribution is -0.141. The second kappa shape index (κ2) is 7.10. The molecule has 0 radical (unpaired) electrons. The second-order valence-corrected chi connectivity index (χ2v) is 6.86. The number of benzene rings is 1. The number of esters is 1. The van der Waals surface area contributed by atoms with Crippen LogP contribution < -0.4 is 5.56 Å². The van der Waals surface area contributed by atoms with Gasteiger partial charge in [-0.15, -0.1) is 11.8 Å². The van der Waals surface area contributed by atoms with Crippen molar-refractivity contribution in [3.8, 4) is 0 Å². The Hall–Kier alpha value is -2.26. The van der Waals surface area contributed by atoms with E-state index in [0.29, 0.717) is 20.6 Å². The largest absolute Gasteiger partial charge is 0.458 e. The molecule has 0 aliphatic rings. The van der Waals surface area contributed by atoms with Gasteiger partial charge in [-0.25, -0.2) is 9.37 Å². The fraction of sp³-hybridized carbons (Fsp3) is 0.200. The number of aryl methyl sites for hydroxylation is 1. The predicted octanol–water partition coefficient (Wildman–Crippen LogP) is 2.43. The molecule has 9 heteroatoms. The quantitative estimate of drug-likeness (QED) is 0.511. The fourth-order valence-corrected chi connectivity index (χ4v) is 3.50. The van der Waals surface area contributed by atoms with Gasteiger partial charge in [0, 0.05) is 16.7 Å². The number of aromatic nitrogens is 3. The van der Waals surface area contributed by atoms with Crippen molar-refractivity contribution in [2.45, 2.75) is 18.4 Å². The first-order valence-electron chi connectivity index (χ1n) is 6.92. The van der Waals surface area contributed by atoms with Crippen LogP contribution in [-0.2, 0) is 16.1 Å². The molecule has 0 aliphatic carbocycles. The summed E-state index contributed by atoms with van der Waals surface area (Å²) in [5.41, 5.74) is 0.329. The first-order valence-corrected chi connectivity index (χ1v) is 8.72. The van der Waals surface area contributed by atoms with Crippen molar-refractivity contribution in [3.05, 3.63) is 57.2 Å². The third-order valence-corrected chi connectivity index (χ3v) is 4.86. The number of hydrogen-bond donors (Lipinski definition) is 0. The molecule has 3 rings (SSSR count). The normalized spacial score (nSPS) is 10.9. The lowest BCUT2D eigenvalue weighted by Gasteiger charge is -2.03. The topological polar surface area (TPSA) is 73.6 Å². The predicted molar refractivity (Wildman–Crippen MR) is 88.8 cm³/mol. The van der Waals surface area contributed by atoms with E-state index in [1.54, 1.807) is 25.1 Å². The van der Waals surface area contributed by atoms with Crippen LogP contribution in [-0.4, -0.2) is 26.3 Å². The molecule has 0 amide bonds. The Morgan fingerprint density at radius 3 is 3.00 bits per heavy atom. The SMILES string of the molecule is Cc1cc(=O)n2nc(COC(=O)CSc3ccccc3F)sc2n1. The first-order chi connectivity index (χ1) is 11.5. The number of rotatable bonds is 5. The van der Waals surface area contributed by atoms with Crippen molar-refractivity contribution >= 4 is 34.0 Å². The van der Waals surface area contributed by atoms with E-state index in [-0.39, 0.29) is 23.7 Å². The van der Waals surface area contributed by atoms with Gasteiger partial charge in [0.2, 0.25) is 4.96 Å². The van der Waals surface area contributed by atoms with Crippen LogP contribution >= 0.6 is 23.1 Å². The number of carbonyl (C=O) groups excluding carboxylic acids is 1. The Morgan fingerprint density at radius 1 is 1.42 bits per heavy atom. The van der Waals surface area contributed by atoms with E-state index in [2.05, 4.69) is 10.1 Å². The molecule has 0 aliphatic heterocycles. The van der Waals surface area contributed by atoms with E-state index in [0.717, 1.165) is 11.8 Å². The van der Waals surface area contributed by atoms with Gasteiger partial charge in [0.05, 0.1) is 5.75 Å². The van der Waals surface area contributed by atoms with Gasteiger partial charge < -0.3 is 4.74 Å². The summed E-state index contributed by atoms with van der Waals surface area (Å²) in [6, 6.07) is 7.60. The highest BCUT2D eigenvalue weighted by Gasteiger charge is 2.11. The number of halogens is 1. The summed E-state index contributed by atoms with van der Waals surface area (Å²) >= 11 is 2.25. The molecule has 6 nitrogen and oxygen atoms in total. The van der Waals surface area contributed by atoms with Gasteiger partial charge in [-0.05, 0) is 19.1 Å². The lowest BCUT2D eigenvalue weighted by Crippen LogP contribution is -2.14. The van der Waals surface area contributed by atoms with Gasteiger partial charge in [0.15, 0.2) is 5.01 Å². The minimum absolute atomic E-state index is 0.0108. The van der Waals surface area contributed by atoms with Crippen LogP contribution in [0.5, 0.6) is 0 Å². The van der Waals surface area contributed by atoms with Gasteiger partial charge in [0.25, 0.3) is 5.56 Å². The summed E-state index contributed by atoms with van der Waals surface area (Å²) < 4.78 is 19.7. The molecule has 24 heavy (non-hydrogen) atoms. The fourth-order valence-electron chi connectivity index (χ4n) is 1.90. The molecule has 0 saturated heterocycles. The van der Waals surface area contributed by atoms with Crippen LogP contribution in [0.2, 0.25) is 0 Å². The Morgan fingerprint density at radius 2 is 2.21 bits per heavy atom. The van der Waals surface area contributed by atoms with Crippen LogP contribution in [0.25, 0.3) is 4.96 Å². The van der Waals surface area contributed by atoms with E-state index in [4.69, 9.17) is 4.74 Å². The van der Waals surface area contributed by atoms with Crippen LogP contribution in [0.4, 0.5) is 4.39 Å². The molecule has 3 aromatic rings. The molecule has 0 spiro atoms. The Balaban J connectivity index is 1.59. The minimum Gasteiger partial charge on any atom is -0.458 e. The maximum Gasteiger partial charge on any atom is 0.316 e. The van der Waals surface area contributed by atoms with Crippen LogP contribution in [0.15, 0.2) is 40.0 Å². The lowest BCUT2D eigenvalue weighted by atomic mass is 10.3. The van der Waals surface area contributed by atoms with Crippen LogP contribution in [0, 0.1) is 12.7 Å². The highest BCUT2D eigenvalue weighted by atomic mass is 32.2. The molecule has 2 heterocycles. The zero-order valence-corrected chi connectivity index (χ0v) is 14.2. The van der Waals surface area contributed by atoms with Gasteiger partial charge in [-0.2, -0.15) is 9.61 Å². The van der Waals surface area contributed by atoms with Crippen molar-refractivity contribution in [1.29, 1.82) is 0 Å². The highest BCUT2D eigenvalue weighted by Crippen LogP contribution is 2.21. The molecule has 2 aromatic heterocycles. The molecule has 0 fully saturated rings. The maximum absolute atomic E-state index is 13.5. The number of carbonyl (C=O) groups is 1. The summed E-state index contributed by atoms with van der Waals surface area (Å²) in [7, 11) is 0. The van der Waals surface area contributed by atoms with Crippen molar-refractivity contribution in [2.75, 3.05) is 5.75 Å². The smallest absolute Gasteiger partial charge is 0.316 e. The third-order valence-electron chi connectivity index (χ3n) is 2.95. The molecule has 0 N–H and O–H groups in total. The molecular weight excluding hydrogens is 353 g/mol. The van der Waals surface area contributed by atoms with Crippen molar-refractivity contribution in [1.82, 2.24) is 14.6 Å². The summed E-state index contributed by atoms with van der Waals surface area (Å²) in [5, 5.41) is 4.54. The summed E-state index contributed by atoms with van der Waals surface area (Å²) in [6.07, 6.45) is 0. The second-order valence-electron chi connectivity index (χ2n) is 4.81. The molecule has 0 unspecified atom stereocenters. The zero-order chi connectivity index (χ0) is 17.1. The molecule has 1 aromatic carbocycles. The van der Waals surface area contributed by atoms with E-state index >= 15 is 0 Å².